The molecule has 0 saturated heterocycles. The van der Waals surface area contributed by atoms with Crippen molar-refractivity contribution in [3.05, 3.63) is 52.9 Å². The van der Waals surface area contributed by atoms with E-state index in [1.807, 2.05) is 25.1 Å². The van der Waals surface area contributed by atoms with E-state index in [9.17, 15) is 5.11 Å². The molecule has 17 heavy (non-hydrogen) atoms. The highest BCUT2D eigenvalue weighted by Crippen LogP contribution is 2.23. The van der Waals surface area contributed by atoms with E-state index in [4.69, 9.17) is 16.0 Å². The third-order valence-electron chi connectivity index (χ3n) is 2.48. The molecule has 0 fully saturated rings. The number of anilines is 1. The summed E-state index contributed by atoms with van der Waals surface area (Å²) in [6.45, 7) is 2.35. The summed E-state index contributed by atoms with van der Waals surface area (Å²) in [6, 6.07) is 9.20. The largest absolute Gasteiger partial charge is 0.467 e. The fourth-order valence-electron chi connectivity index (χ4n) is 1.56. The first-order valence-electron chi connectivity index (χ1n) is 5.38. The Labute approximate surface area is 105 Å². The lowest BCUT2D eigenvalue weighted by molar-refractivity contribution is 0.162. The molecule has 0 spiro atoms. The maximum atomic E-state index is 9.83. The van der Waals surface area contributed by atoms with Gasteiger partial charge in [0.05, 0.1) is 17.0 Å². The standard InChI is InChI=1S/C13H14ClNO2/c1-9-4-5-10(14)11(7-9)15-8-12(16)13-3-2-6-17-13/h2-7,12,15-16H,8H2,1H3. The first-order valence-corrected chi connectivity index (χ1v) is 5.76. The van der Waals surface area contributed by atoms with Crippen LogP contribution in [0.4, 0.5) is 5.69 Å². The van der Waals surface area contributed by atoms with Crippen LogP contribution in [0.25, 0.3) is 0 Å². The molecule has 0 aliphatic carbocycles. The first-order chi connectivity index (χ1) is 8.16. The predicted molar refractivity (Wildman–Crippen MR) is 68.3 cm³/mol. The Morgan fingerprint density at radius 3 is 2.94 bits per heavy atom. The summed E-state index contributed by atoms with van der Waals surface area (Å²) in [5.74, 6) is 0.543. The SMILES string of the molecule is Cc1ccc(Cl)c(NCC(O)c2ccco2)c1. The van der Waals surface area contributed by atoms with Gasteiger partial charge in [0.2, 0.25) is 0 Å². The van der Waals surface area contributed by atoms with Gasteiger partial charge in [-0.2, -0.15) is 0 Å². The molecule has 1 aromatic carbocycles. The Balaban J connectivity index is 2.00. The molecule has 3 nitrogen and oxygen atoms in total. The molecule has 0 aliphatic rings. The Hall–Kier alpha value is -1.45. The van der Waals surface area contributed by atoms with E-state index < -0.39 is 6.10 Å². The van der Waals surface area contributed by atoms with Gasteiger partial charge >= 0.3 is 0 Å². The van der Waals surface area contributed by atoms with Crippen molar-refractivity contribution in [1.29, 1.82) is 0 Å². The Kier molecular flexibility index (Phi) is 3.71. The summed E-state index contributed by atoms with van der Waals surface area (Å²) >= 11 is 6.04. The van der Waals surface area contributed by atoms with E-state index in [0.717, 1.165) is 11.3 Å². The number of benzene rings is 1. The molecule has 2 aromatic rings. The number of furan rings is 1. The topological polar surface area (TPSA) is 45.4 Å². The van der Waals surface area contributed by atoms with Crippen LogP contribution in [-0.2, 0) is 0 Å². The maximum Gasteiger partial charge on any atom is 0.134 e. The van der Waals surface area contributed by atoms with Crippen LogP contribution in [0.15, 0.2) is 41.0 Å². The van der Waals surface area contributed by atoms with Crippen LogP contribution in [-0.4, -0.2) is 11.7 Å². The monoisotopic (exact) mass is 251 g/mol. The maximum absolute atomic E-state index is 9.83. The Bertz CT molecular complexity index is 482. The minimum absolute atomic E-state index is 0.358. The first kappa shape index (κ1) is 12.0. The minimum atomic E-state index is -0.679. The van der Waals surface area contributed by atoms with Gasteiger partial charge in [0, 0.05) is 6.54 Å². The average molecular weight is 252 g/mol. The molecular formula is C13H14ClNO2. The van der Waals surface area contributed by atoms with Crippen molar-refractivity contribution in [3.63, 3.8) is 0 Å². The fraction of sp³-hybridized carbons (Fsp3) is 0.231. The number of halogens is 1. The average Bonchev–Trinajstić information content (AvgIpc) is 2.83. The molecule has 1 heterocycles. The minimum Gasteiger partial charge on any atom is -0.467 e. The van der Waals surface area contributed by atoms with Gasteiger partial charge in [-0.3, -0.25) is 0 Å². The van der Waals surface area contributed by atoms with Crippen LogP contribution >= 0.6 is 11.6 Å². The Morgan fingerprint density at radius 1 is 1.41 bits per heavy atom. The quantitative estimate of drug-likeness (QED) is 0.876. The van der Waals surface area contributed by atoms with E-state index in [0.29, 0.717) is 17.3 Å². The predicted octanol–water partition coefficient (Wildman–Crippen LogP) is 3.39. The molecular weight excluding hydrogens is 238 g/mol. The van der Waals surface area contributed by atoms with Crippen molar-refractivity contribution in [2.24, 2.45) is 0 Å². The lowest BCUT2D eigenvalue weighted by Gasteiger charge is -2.12. The Morgan fingerprint density at radius 2 is 2.24 bits per heavy atom. The summed E-state index contributed by atoms with van der Waals surface area (Å²) < 4.78 is 5.11. The van der Waals surface area contributed by atoms with E-state index in [2.05, 4.69) is 5.32 Å². The van der Waals surface area contributed by atoms with Crippen molar-refractivity contribution in [1.82, 2.24) is 0 Å². The van der Waals surface area contributed by atoms with Crippen molar-refractivity contribution in [2.45, 2.75) is 13.0 Å². The molecule has 2 N–H and O–H groups in total. The molecule has 4 heteroatoms. The molecule has 1 aromatic heterocycles. The molecule has 0 saturated carbocycles. The molecule has 0 amide bonds. The van der Waals surface area contributed by atoms with E-state index in [1.54, 1.807) is 12.1 Å². The number of hydrogen-bond acceptors (Lipinski definition) is 3. The van der Waals surface area contributed by atoms with Gasteiger partial charge in [-0.25, -0.2) is 0 Å². The second-order valence-electron chi connectivity index (χ2n) is 3.90. The van der Waals surface area contributed by atoms with E-state index in [1.165, 1.54) is 6.26 Å². The van der Waals surface area contributed by atoms with E-state index >= 15 is 0 Å². The zero-order chi connectivity index (χ0) is 12.3. The third kappa shape index (κ3) is 3.02. The number of aliphatic hydroxyl groups excluding tert-OH is 1. The van der Waals surface area contributed by atoms with Gasteiger partial charge in [-0.1, -0.05) is 17.7 Å². The van der Waals surface area contributed by atoms with Crippen molar-refractivity contribution in [2.75, 3.05) is 11.9 Å². The number of rotatable bonds is 4. The fourth-order valence-corrected chi connectivity index (χ4v) is 1.75. The van der Waals surface area contributed by atoms with Crippen LogP contribution in [0.3, 0.4) is 0 Å². The summed E-state index contributed by atoms with van der Waals surface area (Å²) in [5, 5.41) is 13.6. The summed E-state index contributed by atoms with van der Waals surface area (Å²) in [5.41, 5.74) is 1.93. The second kappa shape index (κ2) is 5.25. The molecule has 0 radical (unpaired) electrons. The van der Waals surface area contributed by atoms with Crippen LogP contribution in [0.1, 0.15) is 17.4 Å². The van der Waals surface area contributed by atoms with Crippen LogP contribution in [0.5, 0.6) is 0 Å². The second-order valence-corrected chi connectivity index (χ2v) is 4.30. The number of aliphatic hydroxyl groups is 1. The normalized spacial score (nSPS) is 12.4. The highest BCUT2D eigenvalue weighted by Gasteiger charge is 2.10. The molecule has 0 aliphatic heterocycles. The highest BCUT2D eigenvalue weighted by molar-refractivity contribution is 6.33. The summed E-state index contributed by atoms with van der Waals surface area (Å²) in [7, 11) is 0. The van der Waals surface area contributed by atoms with Crippen molar-refractivity contribution < 1.29 is 9.52 Å². The van der Waals surface area contributed by atoms with Crippen molar-refractivity contribution in [3.8, 4) is 0 Å². The van der Waals surface area contributed by atoms with Gasteiger partial charge in [0.25, 0.3) is 0 Å². The zero-order valence-corrected chi connectivity index (χ0v) is 10.2. The number of hydrogen-bond donors (Lipinski definition) is 2. The van der Waals surface area contributed by atoms with Gasteiger partial charge in [0.1, 0.15) is 11.9 Å². The summed E-state index contributed by atoms with van der Waals surface area (Å²) in [6.07, 6.45) is 0.861. The van der Waals surface area contributed by atoms with Crippen LogP contribution < -0.4 is 5.32 Å². The highest BCUT2D eigenvalue weighted by atomic mass is 35.5. The van der Waals surface area contributed by atoms with Gasteiger partial charge in [0.15, 0.2) is 0 Å². The number of nitrogens with one attached hydrogen (secondary N) is 1. The molecule has 0 bridgehead atoms. The lowest BCUT2D eigenvalue weighted by atomic mass is 10.2. The van der Waals surface area contributed by atoms with Crippen LogP contribution in [0, 0.1) is 6.92 Å². The number of aryl methyl sites for hydroxylation is 1. The summed E-state index contributed by atoms with van der Waals surface area (Å²) in [4.78, 5) is 0. The van der Waals surface area contributed by atoms with Gasteiger partial charge in [-0.15, -0.1) is 0 Å². The third-order valence-corrected chi connectivity index (χ3v) is 2.81. The smallest absolute Gasteiger partial charge is 0.134 e. The zero-order valence-electron chi connectivity index (χ0n) is 9.48. The van der Waals surface area contributed by atoms with Gasteiger partial charge < -0.3 is 14.8 Å². The van der Waals surface area contributed by atoms with E-state index in [-0.39, 0.29) is 0 Å². The lowest BCUT2D eigenvalue weighted by Crippen LogP contribution is -2.11. The van der Waals surface area contributed by atoms with Crippen molar-refractivity contribution >= 4 is 17.3 Å². The van der Waals surface area contributed by atoms with Gasteiger partial charge in [-0.05, 0) is 36.8 Å². The van der Waals surface area contributed by atoms with Crippen LogP contribution in [0.2, 0.25) is 5.02 Å². The molecule has 90 valence electrons. The molecule has 2 rings (SSSR count). The molecule has 1 atom stereocenters. The molecule has 1 unspecified atom stereocenters.